The number of aryl methyl sites for hydroxylation is 2. The molecule has 0 spiro atoms. The Hall–Kier alpha value is -2.93. The quantitative estimate of drug-likeness (QED) is 0.759. The van der Waals surface area contributed by atoms with Crippen LogP contribution in [0, 0.1) is 13.8 Å². The fourth-order valence-electron chi connectivity index (χ4n) is 2.38. The van der Waals surface area contributed by atoms with Crippen LogP contribution in [0.5, 0.6) is 5.75 Å². The lowest BCUT2D eigenvalue weighted by atomic mass is 10.2. The molecule has 3 aromatic rings. The third-order valence-corrected chi connectivity index (χ3v) is 3.81. The number of carbonyl (C=O) groups is 1. The van der Waals surface area contributed by atoms with E-state index in [9.17, 15) is 4.79 Å². The van der Waals surface area contributed by atoms with Crippen LogP contribution in [0.15, 0.2) is 42.7 Å². The molecule has 0 saturated carbocycles. The van der Waals surface area contributed by atoms with E-state index in [2.05, 4.69) is 20.8 Å². The van der Waals surface area contributed by atoms with Crippen molar-refractivity contribution in [2.24, 2.45) is 0 Å². The molecule has 7 nitrogen and oxygen atoms in total. The molecule has 0 bridgehead atoms. The molecule has 0 aliphatic rings. The molecule has 8 heteroatoms. The van der Waals surface area contributed by atoms with Gasteiger partial charge in [0.05, 0.1) is 5.69 Å². The average molecular weight is 358 g/mol. The lowest BCUT2D eigenvalue weighted by Crippen LogP contribution is -2.20. The summed E-state index contributed by atoms with van der Waals surface area (Å²) in [5, 5.41) is 14.5. The molecule has 3 rings (SSSR count). The van der Waals surface area contributed by atoms with Crippen molar-refractivity contribution in [1.29, 1.82) is 0 Å². The van der Waals surface area contributed by atoms with Crippen LogP contribution < -0.4 is 10.1 Å². The van der Waals surface area contributed by atoms with Crippen LogP contribution in [0.25, 0.3) is 5.69 Å². The Labute approximate surface area is 149 Å². The maximum Gasteiger partial charge on any atom is 0.262 e. The minimum atomic E-state index is -0.246. The van der Waals surface area contributed by atoms with Crippen molar-refractivity contribution in [3.63, 3.8) is 0 Å². The second-order valence-electron chi connectivity index (χ2n) is 5.50. The van der Waals surface area contributed by atoms with Gasteiger partial charge in [-0.05, 0) is 71.8 Å². The van der Waals surface area contributed by atoms with Crippen molar-refractivity contribution in [3.05, 3.63) is 58.9 Å². The number of hydrogen-bond donors (Lipinski definition) is 1. The number of amides is 1. The first-order valence-electron chi connectivity index (χ1n) is 7.56. The van der Waals surface area contributed by atoms with E-state index in [1.165, 1.54) is 6.33 Å². The summed E-state index contributed by atoms with van der Waals surface area (Å²) in [5.74, 6) is 0.383. The van der Waals surface area contributed by atoms with Crippen molar-refractivity contribution in [1.82, 2.24) is 20.2 Å². The average Bonchev–Trinajstić information content (AvgIpc) is 3.08. The monoisotopic (exact) mass is 357 g/mol. The molecule has 128 valence electrons. The predicted molar refractivity (Wildman–Crippen MR) is 94.2 cm³/mol. The smallest absolute Gasteiger partial charge is 0.262 e. The Morgan fingerprint density at radius 1 is 1.20 bits per heavy atom. The van der Waals surface area contributed by atoms with E-state index in [1.54, 1.807) is 28.9 Å². The minimum absolute atomic E-state index is 0.0870. The zero-order chi connectivity index (χ0) is 17.8. The number of ether oxygens (including phenoxy) is 1. The highest BCUT2D eigenvalue weighted by atomic mass is 35.5. The Morgan fingerprint density at radius 2 is 2.04 bits per heavy atom. The van der Waals surface area contributed by atoms with Gasteiger partial charge in [0.1, 0.15) is 12.1 Å². The SMILES string of the molecule is Cc1cc(Cl)ccc1OCC(=O)Nc1ccc(-n2cnnn2)c(C)c1. The molecule has 0 fully saturated rings. The van der Waals surface area contributed by atoms with Gasteiger partial charge in [0, 0.05) is 10.7 Å². The number of aromatic nitrogens is 4. The fourth-order valence-corrected chi connectivity index (χ4v) is 2.60. The van der Waals surface area contributed by atoms with Gasteiger partial charge in [0.15, 0.2) is 6.61 Å². The third-order valence-electron chi connectivity index (χ3n) is 3.57. The van der Waals surface area contributed by atoms with Gasteiger partial charge >= 0.3 is 0 Å². The van der Waals surface area contributed by atoms with Crippen LogP contribution in [0.1, 0.15) is 11.1 Å². The second kappa shape index (κ2) is 7.31. The normalized spacial score (nSPS) is 10.5. The first-order chi connectivity index (χ1) is 12.0. The molecule has 25 heavy (non-hydrogen) atoms. The molecule has 1 heterocycles. The molecule has 0 aliphatic heterocycles. The Kier molecular flexibility index (Phi) is 4.95. The van der Waals surface area contributed by atoms with Crippen LogP contribution >= 0.6 is 11.6 Å². The standard InChI is InChI=1S/C17H16ClN5O2/c1-11-8-14(4-5-15(11)23-10-19-21-22-23)20-17(24)9-25-16-6-3-13(18)7-12(16)2/h3-8,10H,9H2,1-2H3,(H,20,24). The van der Waals surface area contributed by atoms with E-state index >= 15 is 0 Å². The summed E-state index contributed by atoms with van der Waals surface area (Å²) < 4.78 is 7.10. The van der Waals surface area contributed by atoms with Crippen molar-refractivity contribution in [3.8, 4) is 11.4 Å². The molecule has 0 radical (unpaired) electrons. The molecule has 1 amide bonds. The van der Waals surface area contributed by atoms with Crippen molar-refractivity contribution in [2.45, 2.75) is 13.8 Å². The van der Waals surface area contributed by atoms with Gasteiger partial charge in [-0.1, -0.05) is 11.6 Å². The lowest BCUT2D eigenvalue weighted by Gasteiger charge is -2.11. The van der Waals surface area contributed by atoms with E-state index in [-0.39, 0.29) is 12.5 Å². The number of rotatable bonds is 5. The zero-order valence-corrected chi connectivity index (χ0v) is 14.5. The third kappa shape index (κ3) is 4.13. The van der Waals surface area contributed by atoms with Crippen LogP contribution in [0.2, 0.25) is 5.02 Å². The highest BCUT2D eigenvalue weighted by Crippen LogP contribution is 2.22. The number of halogens is 1. The number of carbonyl (C=O) groups excluding carboxylic acids is 1. The molecule has 2 aromatic carbocycles. The number of hydrogen-bond acceptors (Lipinski definition) is 5. The second-order valence-corrected chi connectivity index (χ2v) is 5.94. The summed E-state index contributed by atoms with van der Waals surface area (Å²) in [5.41, 5.74) is 3.33. The van der Waals surface area contributed by atoms with E-state index in [0.717, 1.165) is 16.8 Å². The van der Waals surface area contributed by atoms with Gasteiger partial charge < -0.3 is 10.1 Å². The summed E-state index contributed by atoms with van der Waals surface area (Å²) in [6.45, 7) is 3.71. The van der Waals surface area contributed by atoms with Gasteiger partial charge in [-0.2, -0.15) is 0 Å². The molecular weight excluding hydrogens is 342 g/mol. The number of tetrazole rings is 1. The Balaban J connectivity index is 1.62. The molecule has 0 aliphatic carbocycles. The maximum atomic E-state index is 12.1. The van der Waals surface area contributed by atoms with E-state index in [4.69, 9.17) is 16.3 Å². The molecule has 1 N–H and O–H groups in total. The molecule has 0 saturated heterocycles. The fraction of sp³-hybridized carbons (Fsp3) is 0.176. The number of anilines is 1. The topological polar surface area (TPSA) is 81.9 Å². The van der Waals surface area contributed by atoms with Gasteiger partial charge in [0.25, 0.3) is 5.91 Å². The summed E-state index contributed by atoms with van der Waals surface area (Å²) in [6, 6.07) is 10.7. The van der Waals surface area contributed by atoms with Gasteiger partial charge in [-0.15, -0.1) is 5.10 Å². The number of nitrogens with one attached hydrogen (secondary N) is 1. The summed E-state index contributed by atoms with van der Waals surface area (Å²) in [7, 11) is 0. The summed E-state index contributed by atoms with van der Waals surface area (Å²) in [4.78, 5) is 12.1. The van der Waals surface area contributed by atoms with Crippen LogP contribution in [0.3, 0.4) is 0 Å². The molecular formula is C17H16ClN5O2. The predicted octanol–water partition coefficient (Wildman–Crippen LogP) is 2.95. The van der Waals surface area contributed by atoms with E-state index < -0.39 is 0 Å². The van der Waals surface area contributed by atoms with Crippen LogP contribution in [-0.4, -0.2) is 32.7 Å². The largest absolute Gasteiger partial charge is 0.483 e. The van der Waals surface area contributed by atoms with Gasteiger partial charge in [0.2, 0.25) is 0 Å². The Bertz CT molecular complexity index is 896. The van der Waals surface area contributed by atoms with E-state index in [1.807, 2.05) is 26.0 Å². The minimum Gasteiger partial charge on any atom is -0.483 e. The number of benzene rings is 2. The van der Waals surface area contributed by atoms with Crippen LogP contribution in [-0.2, 0) is 4.79 Å². The Morgan fingerprint density at radius 3 is 2.72 bits per heavy atom. The molecule has 0 unspecified atom stereocenters. The maximum absolute atomic E-state index is 12.1. The van der Waals surface area contributed by atoms with Crippen molar-refractivity contribution < 1.29 is 9.53 Å². The van der Waals surface area contributed by atoms with Crippen molar-refractivity contribution in [2.75, 3.05) is 11.9 Å². The van der Waals surface area contributed by atoms with E-state index in [0.29, 0.717) is 16.5 Å². The molecule has 0 atom stereocenters. The lowest BCUT2D eigenvalue weighted by molar-refractivity contribution is -0.118. The number of nitrogens with zero attached hydrogens (tertiary/aromatic N) is 4. The zero-order valence-electron chi connectivity index (χ0n) is 13.7. The summed E-state index contributed by atoms with van der Waals surface area (Å²) in [6.07, 6.45) is 1.52. The first-order valence-corrected chi connectivity index (χ1v) is 7.93. The molecule has 1 aromatic heterocycles. The van der Waals surface area contributed by atoms with Crippen molar-refractivity contribution >= 4 is 23.2 Å². The van der Waals surface area contributed by atoms with Crippen LogP contribution in [0.4, 0.5) is 5.69 Å². The highest BCUT2D eigenvalue weighted by Gasteiger charge is 2.08. The van der Waals surface area contributed by atoms with Gasteiger partial charge in [-0.25, -0.2) is 4.68 Å². The van der Waals surface area contributed by atoms with Gasteiger partial charge in [-0.3, -0.25) is 4.79 Å². The first kappa shape index (κ1) is 16.9. The summed E-state index contributed by atoms with van der Waals surface area (Å²) >= 11 is 5.90. The highest BCUT2D eigenvalue weighted by molar-refractivity contribution is 6.30.